The van der Waals surface area contributed by atoms with E-state index in [1.54, 1.807) is 0 Å². The topological polar surface area (TPSA) is 57.6 Å². The van der Waals surface area contributed by atoms with E-state index in [0.717, 1.165) is 25.5 Å². The molecule has 0 radical (unpaired) electrons. The van der Waals surface area contributed by atoms with Gasteiger partial charge in [0.15, 0.2) is 0 Å². The zero-order valence-electron chi connectivity index (χ0n) is 11.2. The van der Waals surface area contributed by atoms with E-state index in [0.29, 0.717) is 13.2 Å². The summed E-state index contributed by atoms with van der Waals surface area (Å²) in [4.78, 5) is 6.58. The molecule has 5 nitrogen and oxygen atoms in total. The highest BCUT2D eigenvalue weighted by molar-refractivity contribution is 5.34. The molecule has 0 amide bonds. The Labute approximate surface area is 109 Å². The zero-order chi connectivity index (χ0) is 13.2. The molecule has 1 aromatic rings. The van der Waals surface area contributed by atoms with Crippen LogP contribution in [0.15, 0.2) is 18.3 Å². The maximum atomic E-state index is 8.62. The number of aliphatic hydroxyl groups is 1. The fourth-order valence-electron chi connectivity index (χ4n) is 1.63. The Kier molecular flexibility index (Phi) is 7.32. The second kappa shape index (κ2) is 8.85. The van der Waals surface area contributed by atoms with Crippen molar-refractivity contribution in [2.24, 2.45) is 0 Å². The maximum absolute atomic E-state index is 8.62. The Bertz CT molecular complexity index is 317. The van der Waals surface area contributed by atoms with Crippen LogP contribution in [0.1, 0.15) is 12.5 Å². The molecule has 0 bridgehead atoms. The lowest BCUT2D eigenvalue weighted by Crippen LogP contribution is -2.27. The van der Waals surface area contributed by atoms with Crippen LogP contribution in [0.3, 0.4) is 0 Å². The first-order valence-corrected chi connectivity index (χ1v) is 6.33. The summed E-state index contributed by atoms with van der Waals surface area (Å²) in [5, 5.41) is 11.6. The largest absolute Gasteiger partial charge is 0.394 e. The lowest BCUT2D eigenvalue weighted by molar-refractivity contribution is 0.0732. The minimum atomic E-state index is 0.0848. The lowest BCUT2D eigenvalue weighted by atomic mass is 10.2. The molecule has 1 rings (SSSR count). The van der Waals surface area contributed by atoms with Gasteiger partial charge >= 0.3 is 0 Å². The minimum absolute atomic E-state index is 0.0848. The summed E-state index contributed by atoms with van der Waals surface area (Å²) in [7, 11) is 1.86. The predicted octanol–water partition coefficient (Wildman–Crippen LogP) is 0.954. The van der Waals surface area contributed by atoms with Gasteiger partial charge in [-0.25, -0.2) is 4.98 Å². The van der Waals surface area contributed by atoms with Gasteiger partial charge in [0.1, 0.15) is 5.82 Å². The predicted molar refractivity (Wildman–Crippen MR) is 72.6 cm³/mol. The average molecular weight is 253 g/mol. The molecular formula is C13H23N3O2. The van der Waals surface area contributed by atoms with E-state index < -0.39 is 0 Å². The first kappa shape index (κ1) is 14.9. The number of nitrogens with one attached hydrogen (secondary N) is 1. The van der Waals surface area contributed by atoms with Crippen molar-refractivity contribution in [3.63, 3.8) is 0 Å². The number of aliphatic hydroxyl groups excluding tert-OH is 1. The van der Waals surface area contributed by atoms with Crippen LogP contribution in [0.25, 0.3) is 0 Å². The minimum Gasteiger partial charge on any atom is -0.394 e. The second-order valence-corrected chi connectivity index (χ2v) is 4.01. The van der Waals surface area contributed by atoms with Gasteiger partial charge in [0.25, 0.3) is 0 Å². The van der Waals surface area contributed by atoms with E-state index in [2.05, 4.69) is 28.2 Å². The summed E-state index contributed by atoms with van der Waals surface area (Å²) in [6, 6.07) is 4.06. The van der Waals surface area contributed by atoms with Crippen molar-refractivity contribution in [1.29, 1.82) is 0 Å². The SMILES string of the molecule is CCN(CCOCCO)Cc1ccc(NC)nc1. The van der Waals surface area contributed by atoms with Crippen LogP contribution >= 0.6 is 0 Å². The molecule has 0 aromatic carbocycles. The van der Waals surface area contributed by atoms with Gasteiger partial charge in [-0.15, -0.1) is 0 Å². The smallest absolute Gasteiger partial charge is 0.125 e. The van der Waals surface area contributed by atoms with E-state index in [1.165, 1.54) is 5.56 Å². The van der Waals surface area contributed by atoms with E-state index in [-0.39, 0.29) is 6.61 Å². The molecule has 0 fully saturated rings. The quantitative estimate of drug-likeness (QED) is 0.642. The van der Waals surface area contributed by atoms with Crippen LogP contribution in [-0.2, 0) is 11.3 Å². The molecule has 0 saturated heterocycles. The fourth-order valence-corrected chi connectivity index (χ4v) is 1.63. The monoisotopic (exact) mass is 253 g/mol. The highest BCUT2D eigenvalue weighted by Gasteiger charge is 2.04. The van der Waals surface area contributed by atoms with Crippen LogP contribution in [-0.4, -0.2) is 54.9 Å². The van der Waals surface area contributed by atoms with Gasteiger partial charge in [0.05, 0.1) is 19.8 Å². The van der Waals surface area contributed by atoms with Crippen LogP contribution in [0.5, 0.6) is 0 Å². The number of hydrogen-bond donors (Lipinski definition) is 2. The van der Waals surface area contributed by atoms with Gasteiger partial charge in [-0.1, -0.05) is 13.0 Å². The molecule has 0 spiro atoms. The summed E-state index contributed by atoms with van der Waals surface area (Å²) in [5.41, 5.74) is 1.19. The van der Waals surface area contributed by atoms with Crippen molar-refractivity contribution in [2.75, 3.05) is 45.3 Å². The number of ether oxygens (including phenoxy) is 1. The Hall–Kier alpha value is -1.17. The number of rotatable bonds is 9. The summed E-state index contributed by atoms with van der Waals surface area (Å²) >= 11 is 0. The number of anilines is 1. The molecule has 18 heavy (non-hydrogen) atoms. The first-order valence-electron chi connectivity index (χ1n) is 6.33. The molecule has 0 aliphatic rings. The molecule has 1 aromatic heterocycles. The Morgan fingerprint density at radius 3 is 2.78 bits per heavy atom. The third-order valence-corrected chi connectivity index (χ3v) is 2.72. The molecule has 1 heterocycles. The third-order valence-electron chi connectivity index (χ3n) is 2.72. The van der Waals surface area contributed by atoms with E-state index in [1.807, 2.05) is 19.3 Å². The van der Waals surface area contributed by atoms with Crippen LogP contribution in [0.2, 0.25) is 0 Å². The van der Waals surface area contributed by atoms with Gasteiger partial charge in [0, 0.05) is 26.3 Å². The van der Waals surface area contributed by atoms with Crippen molar-refractivity contribution >= 4 is 5.82 Å². The molecule has 0 atom stereocenters. The summed E-state index contributed by atoms with van der Waals surface area (Å²) < 4.78 is 5.27. The highest BCUT2D eigenvalue weighted by atomic mass is 16.5. The first-order chi connectivity index (χ1) is 8.80. The Morgan fingerprint density at radius 1 is 1.39 bits per heavy atom. The third kappa shape index (κ3) is 5.44. The van der Waals surface area contributed by atoms with Crippen molar-refractivity contribution in [1.82, 2.24) is 9.88 Å². The number of nitrogens with zero attached hydrogens (tertiary/aromatic N) is 2. The van der Waals surface area contributed by atoms with Crippen molar-refractivity contribution in [3.8, 4) is 0 Å². The summed E-state index contributed by atoms with van der Waals surface area (Å²) in [6.07, 6.45) is 1.89. The molecule has 0 aliphatic heterocycles. The second-order valence-electron chi connectivity index (χ2n) is 4.01. The van der Waals surface area contributed by atoms with Crippen LogP contribution in [0.4, 0.5) is 5.82 Å². The molecule has 0 unspecified atom stereocenters. The van der Waals surface area contributed by atoms with E-state index >= 15 is 0 Å². The van der Waals surface area contributed by atoms with Crippen molar-refractivity contribution in [2.45, 2.75) is 13.5 Å². The molecule has 0 aliphatic carbocycles. The maximum Gasteiger partial charge on any atom is 0.125 e. The standard InChI is InChI=1S/C13H23N3O2/c1-3-16(6-8-18-9-7-17)11-12-4-5-13(14-2)15-10-12/h4-5,10,17H,3,6-9,11H2,1-2H3,(H,14,15). The van der Waals surface area contributed by atoms with Gasteiger partial charge in [-0.2, -0.15) is 0 Å². The number of pyridine rings is 1. The average Bonchev–Trinajstić information content (AvgIpc) is 2.43. The van der Waals surface area contributed by atoms with Gasteiger partial charge < -0.3 is 15.2 Å². The zero-order valence-corrected chi connectivity index (χ0v) is 11.2. The van der Waals surface area contributed by atoms with Crippen LogP contribution < -0.4 is 5.32 Å². The van der Waals surface area contributed by atoms with Crippen molar-refractivity contribution < 1.29 is 9.84 Å². The van der Waals surface area contributed by atoms with Crippen molar-refractivity contribution in [3.05, 3.63) is 23.9 Å². The molecule has 2 N–H and O–H groups in total. The van der Waals surface area contributed by atoms with E-state index in [4.69, 9.17) is 9.84 Å². The molecule has 0 saturated carbocycles. The fraction of sp³-hybridized carbons (Fsp3) is 0.615. The number of aromatic nitrogens is 1. The van der Waals surface area contributed by atoms with Gasteiger partial charge in [-0.05, 0) is 18.2 Å². The van der Waals surface area contributed by atoms with Crippen LogP contribution in [0, 0.1) is 0 Å². The van der Waals surface area contributed by atoms with E-state index in [9.17, 15) is 0 Å². The lowest BCUT2D eigenvalue weighted by Gasteiger charge is -2.20. The number of hydrogen-bond acceptors (Lipinski definition) is 5. The molecule has 5 heteroatoms. The Morgan fingerprint density at radius 2 is 2.22 bits per heavy atom. The number of likely N-dealkylation sites (N-methyl/N-ethyl adjacent to an activating group) is 1. The molecule has 102 valence electrons. The molecular weight excluding hydrogens is 230 g/mol. The summed E-state index contributed by atoms with van der Waals surface area (Å²) in [5.74, 6) is 0.882. The van der Waals surface area contributed by atoms with Gasteiger partial charge in [-0.3, -0.25) is 4.90 Å². The summed E-state index contributed by atoms with van der Waals surface area (Å²) in [6.45, 7) is 5.98. The van der Waals surface area contributed by atoms with Gasteiger partial charge in [0.2, 0.25) is 0 Å². The highest BCUT2D eigenvalue weighted by Crippen LogP contribution is 2.07. The normalized spacial score (nSPS) is 10.9. The Balaban J connectivity index is 2.36.